The summed E-state index contributed by atoms with van der Waals surface area (Å²) >= 11 is 0. The molecule has 0 heterocycles. The largest absolute Gasteiger partial charge is 0.463 e. The molecule has 3 aromatic carbocycles. The third-order valence-electron chi connectivity index (χ3n) is 6.40. The highest BCUT2D eigenvalue weighted by atomic mass is 16.6. The Balaban J connectivity index is 1.39. The summed E-state index contributed by atoms with van der Waals surface area (Å²) in [4.78, 5) is 25.2. The zero-order chi connectivity index (χ0) is 25.2. The number of rotatable bonds is 7. The number of carbonyl (C=O) groups excluding carboxylic acids is 2. The average Bonchev–Trinajstić information content (AvgIpc) is 3.14. The molecule has 0 saturated carbocycles. The predicted octanol–water partition coefficient (Wildman–Crippen LogP) is 6.21. The van der Waals surface area contributed by atoms with E-state index in [9.17, 15) is 9.59 Å². The van der Waals surface area contributed by atoms with Gasteiger partial charge in [-0.2, -0.15) is 0 Å². The smallest absolute Gasteiger partial charge is 0.325 e. The molecular formula is C30H33NO4. The van der Waals surface area contributed by atoms with Gasteiger partial charge in [-0.3, -0.25) is 9.59 Å². The lowest BCUT2D eigenvalue weighted by Crippen LogP contribution is -2.27. The molecule has 0 spiro atoms. The molecule has 3 aromatic rings. The van der Waals surface area contributed by atoms with Crippen molar-refractivity contribution in [3.63, 3.8) is 0 Å². The maximum absolute atomic E-state index is 12.6. The first-order chi connectivity index (χ1) is 16.7. The van der Waals surface area contributed by atoms with Crippen molar-refractivity contribution < 1.29 is 19.1 Å². The van der Waals surface area contributed by atoms with E-state index in [2.05, 4.69) is 29.6 Å². The summed E-state index contributed by atoms with van der Waals surface area (Å²) in [6.45, 7) is 9.69. The standard InChI is InChI=1S/C30H33NO4/c1-19-21(20(2)29(33)35-30(3,4)5)15-10-16-27(19)31-17-28(32)34-18-26-24-13-8-6-11-22(24)23-12-7-9-14-25(23)26/h6-16,20,26,31H,17-18H2,1-5H3. The fourth-order valence-electron chi connectivity index (χ4n) is 4.67. The first kappa shape index (κ1) is 24.5. The third-order valence-corrected chi connectivity index (χ3v) is 6.40. The van der Waals surface area contributed by atoms with Crippen LogP contribution in [0.5, 0.6) is 0 Å². The summed E-state index contributed by atoms with van der Waals surface area (Å²) in [5, 5.41) is 3.18. The summed E-state index contributed by atoms with van der Waals surface area (Å²) in [6, 6.07) is 22.3. The molecule has 5 heteroatoms. The summed E-state index contributed by atoms with van der Waals surface area (Å²) in [7, 11) is 0. The molecule has 1 N–H and O–H groups in total. The molecule has 0 fully saturated rings. The predicted molar refractivity (Wildman–Crippen MR) is 139 cm³/mol. The van der Waals surface area contributed by atoms with E-state index in [1.54, 1.807) is 0 Å². The van der Waals surface area contributed by atoms with Crippen LogP contribution in [0.1, 0.15) is 61.8 Å². The Bertz CT molecular complexity index is 1200. The van der Waals surface area contributed by atoms with E-state index in [1.807, 2.05) is 77.1 Å². The quantitative estimate of drug-likeness (QED) is 0.415. The van der Waals surface area contributed by atoms with Crippen molar-refractivity contribution in [1.29, 1.82) is 0 Å². The van der Waals surface area contributed by atoms with Crippen LogP contribution in [0.4, 0.5) is 5.69 Å². The van der Waals surface area contributed by atoms with Crippen molar-refractivity contribution in [2.24, 2.45) is 0 Å². The monoisotopic (exact) mass is 471 g/mol. The molecule has 1 unspecified atom stereocenters. The van der Waals surface area contributed by atoms with Crippen LogP contribution in [-0.2, 0) is 19.1 Å². The van der Waals surface area contributed by atoms with Gasteiger partial charge in [-0.25, -0.2) is 0 Å². The Kier molecular flexibility index (Phi) is 6.97. The van der Waals surface area contributed by atoms with Crippen molar-refractivity contribution in [1.82, 2.24) is 0 Å². The minimum atomic E-state index is -0.542. The molecule has 1 atom stereocenters. The minimum Gasteiger partial charge on any atom is -0.463 e. The topological polar surface area (TPSA) is 64.6 Å². The first-order valence-electron chi connectivity index (χ1n) is 12.1. The SMILES string of the molecule is Cc1c(NCC(=O)OCC2c3ccccc3-c3ccccc32)cccc1C(C)C(=O)OC(C)(C)C. The van der Waals surface area contributed by atoms with E-state index in [1.165, 1.54) is 22.3 Å². The lowest BCUT2D eigenvalue weighted by Gasteiger charge is -2.23. The van der Waals surface area contributed by atoms with Gasteiger partial charge in [0.25, 0.3) is 0 Å². The van der Waals surface area contributed by atoms with Gasteiger partial charge in [0.2, 0.25) is 0 Å². The highest BCUT2D eigenvalue weighted by Gasteiger charge is 2.29. The molecule has 35 heavy (non-hydrogen) atoms. The van der Waals surface area contributed by atoms with Crippen molar-refractivity contribution in [2.45, 2.75) is 52.1 Å². The van der Waals surface area contributed by atoms with Gasteiger partial charge in [0.15, 0.2) is 0 Å². The Hall–Kier alpha value is -3.60. The number of hydrogen-bond acceptors (Lipinski definition) is 5. The molecule has 1 aliphatic carbocycles. The van der Waals surface area contributed by atoms with E-state index in [0.717, 1.165) is 16.8 Å². The Morgan fingerprint density at radius 2 is 1.51 bits per heavy atom. The van der Waals surface area contributed by atoms with Crippen LogP contribution in [0.2, 0.25) is 0 Å². The highest BCUT2D eigenvalue weighted by molar-refractivity contribution is 5.81. The molecule has 182 valence electrons. The van der Waals surface area contributed by atoms with Crippen LogP contribution in [0, 0.1) is 6.92 Å². The van der Waals surface area contributed by atoms with Crippen LogP contribution in [0.3, 0.4) is 0 Å². The lowest BCUT2D eigenvalue weighted by atomic mass is 9.95. The van der Waals surface area contributed by atoms with Crippen LogP contribution in [-0.4, -0.2) is 30.7 Å². The normalized spacial score (nSPS) is 13.5. The lowest BCUT2D eigenvalue weighted by molar-refractivity contribution is -0.156. The van der Waals surface area contributed by atoms with Gasteiger partial charge in [-0.05, 0) is 74.1 Å². The first-order valence-corrected chi connectivity index (χ1v) is 12.1. The van der Waals surface area contributed by atoms with E-state index < -0.39 is 11.5 Å². The summed E-state index contributed by atoms with van der Waals surface area (Å²) < 4.78 is 11.2. The minimum absolute atomic E-state index is 0.0334. The fraction of sp³-hybridized carbons (Fsp3) is 0.333. The Morgan fingerprint density at radius 1 is 0.914 bits per heavy atom. The van der Waals surface area contributed by atoms with Crippen LogP contribution >= 0.6 is 0 Å². The van der Waals surface area contributed by atoms with Gasteiger partial charge < -0.3 is 14.8 Å². The highest BCUT2D eigenvalue weighted by Crippen LogP contribution is 2.44. The molecule has 4 rings (SSSR count). The van der Waals surface area contributed by atoms with Gasteiger partial charge >= 0.3 is 11.9 Å². The molecule has 0 radical (unpaired) electrons. The molecule has 0 saturated heterocycles. The van der Waals surface area contributed by atoms with Crippen molar-refractivity contribution in [3.8, 4) is 11.1 Å². The van der Waals surface area contributed by atoms with Gasteiger partial charge in [-0.15, -0.1) is 0 Å². The molecule has 0 aliphatic heterocycles. The summed E-state index contributed by atoms with van der Waals surface area (Å²) in [6.07, 6.45) is 0. The van der Waals surface area contributed by atoms with Gasteiger partial charge in [0.1, 0.15) is 18.8 Å². The number of nitrogens with one attached hydrogen (secondary N) is 1. The van der Waals surface area contributed by atoms with Crippen LogP contribution in [0.25, 0.3) is 11.1 Å². The fourth-order valence-corrected chi connectivity index (χ4v) is 4.67. The molecular weight excluding hydrogens is 438 g/mol. The number of ether oxygens (including phenoxy) is 2. The third kappa shape index (κ3) is 5.40. The molecule has 5 nitrogen and oxygen atoms in total. The molecule has 0 bridgehead atoms. The second kappa shape index (κ2) is 9.95. The van der Waals surface area contributed by atoms with Gasteiger partial charge in [0, 0.05) is 11.6 Å². The van der Waals surface area contributed by atoms with Crippen LogP contribution < -0.4 is 5.32 Å². The maximum Gasteiger partial charge on any atom is 0.325 e. The number of fused-ring (bicyclic) bond motifs is 3. The molecule has 0 amide bonds. The number of benzene rings is 3. The zero-order valence-corrected chi connectivity index (χ0v) is 21.1. The van der Waals surface area contributed by atoms with E-state index in [0.29, 0.717) is 6.61 Å². The average molecular weight is 472 g/mol. The van der Waals surface area contributed by atoms with Crippen LogP contribution in [0.15, 0.2) is 66.7 Å². The number of hydrogen-bond donors (Lipinski definition) is 1. The zero-order valence-electron chi connectivity index (χ0n) is 21.1. The van der Waals surface area contributed by atoms with Crippen molar-refractivity contribution >= 4 is 17.6 Å². The van der Waals surface area contributed by atoms with Crippen molar-refractivity contribution in [3.05, 3.63) is 89.0 Å². The molecule has 0 aromatic heterocycles. The van der Waals surface area contributed by atoms with Crippen molar-refractivity contribution in [2.75, 3.05) is 18.5 Å². The van der Waals surface area contributed by atoms with E-state index in [-0.39, 0.29) is 24.4 Å². The summed E-state index contributed by atoms with van der Waals surface area (Å²) in [5.74, 6) is -0.970. The second-order valence-corrected chi connectivity index (χ2v) is 10.0. The summed E-state index contributed by atoms with van der Waals surface area (Å²) in [5.41, 5.74) is 6.82. The number of esters is 2. The van der Waals surface area contributed by atoms with E-state index in [4.69, 9.17) is 9.47 Å². The maximum atomic E-state index is 12.6. The second-order valence-electron chi connectivity index (χ2n) is 10.0. The van der Waals surface area contributed by atoms with Gasteiger partial charge in [-0.1, -0.05) is 60.7 Å². The molecule has 1 aliphatic rings. The van der Waals surface area contributed by atoms with E-state index >= 15 is 0 Å². The van der Waals surface area contributed by atoms with Gasteiger partial charge in [0.05, 0.1) is 5.92 Å². The number of anilines is 1. The number of carbonyl (C=O) groups is 2. The Labute approximate surface area is 207 Å². The Morgan fingerprint density at radius 3 is 2.11 bits per heavy atom.